The summed E-state index contributed by atoms with van der Waals surface area (Å²) in [4.78, 5) is 40.2. The predicted molar refractivity (Wildman–Crippen MR) is 261 cm³/mol. The number of ether oxygens (including phenoxy) is 3. The highest BCUT2D eigenvalue weighted by molar-refractivity contribution is 7.90. The van der Waals surface area contributed by atoms with Gasteiger partial charge in [-0.15, -0.1) is 0 Å². The molecule has 0 radical (unpaired) electrons. The van der Waals surface area contributed by atoms with Crippen LogP contribution in [-0.2, 0) is 25.1 Å². The fourth-order valence-corrected chi connectivity index (χ4v) is 13.0. The zero-order valence-corrected chi connectivity index (χ0v) is 40.5. The van der Waals surface area contributed by atoms with Gasteiger partial charge < -0.3 is 39.4 Å². The second-order valence-corrected chi connectivity index (χ2v) is 22.2. The molecule has 5 aromatic rings. The van der Waals surface area contributed by atoms with Crippen molar-refractivity contribution >= 4 is 55.4 Å². The quantitative estimate of drug-likeness (QED) is 0.0689. The van der Waals surface area contributed by atoms with Gasteiger partial charge in [-0.1, -0.05) is 24.3 Å². The van der Waals surface area contributed by atoms with Crippen LogP contribution in [0.15, 0.2) is 83.9 Å². The van der Waals surface area contributed by atoms with Gasteiger partial charge in [0.25, 0.3) is 21.6 Å². The van der Waals surface area contributed by atoms with Gasteiger partial charge >= 0.3 is 6.18 Å². The summed E-state index contributed by atoms with van der Waals surface area (Å²) in [6, 6.07) is 18.6. The van der Waals surface area contributed by atoms with Crippen molar-refractivity contribution in [3.63, 3.8) is 0 Å². The molecule has 1 aliphatic carbocycles. The number of piperidine rings is 1. The first kappa shape index (κ1) is 48.3. The molecular formula is C51H57F3N8O9S. The molecule has 17 nitrogen and oxygen atoms in total. The van der Waals surface area contributed by atoms with Crippen LogP contribution in [0.4, 0.5) is 41.6 Å². The largest absolute Gasteiger partial charge is 0.468 e. The van der Waals surface area contributed by atoms with Gasteiger partial charge in [-0.05, 0) is 130 Å². The van der Waals surface area contributed by atoms with Crippen LogP contribution in [0.3, 0.4) is 0 Å². The lowest BCUT2D eigenvalue weighted by molar-refractivity contribution is -0.384. The molecule has 382 valence electrons. The maximum Gasteiger partial charge on any atom is 0.421 e. The summed E-state index contributed by atoms with van der Waals surface area (Å²) in [5.41, 5.74) is -0.380. The van der Waals surface area contributed by atoms with Crippen molar-refractivity contribution in [2.24, 2.45) is 11.3 Å². The van der Waals surface area contributed by atoms with Crippen LogP contribution in [0.5, 0.6) is 5.88 Å². The minimum absolute atomic E-state index is 0.0352. The number of rotatable bonds is 12. The number of fused-ring (bicyclic) bond motifs is 3. The average Bonchev–Trinajstić information content (AvgIpc) is 4.15. The highest BCUT2D eigenvalue weighted by Gasteiger charge is 2.54. The Hall–Kier alpha value is -6.00. The number of aromatic amines is 1. The molecule has 3 aromatic carbocycles. The van der Waals surface area contributed by atoms with Crippen LogP contribution in [-0.4, -0.2) is 116 Å². The number of halogens is 3. The third kappa shape index (κ3) is 8.79. The third-order valence-corrected chi connectivity index (χ3v) is 17.5. The van der Waals surface area contributed by atoms with Crippen molar-refractivity contribution in [3.8, 4) is 5.88 Å². The second kappa shape index (κ2) is 18.5. The number of hydrogen-bond acceptors (Lipinski definition) is 14. The molecule has 1 saturated carbocycles. The molecule has 2 aromatic heterocycles. The molecule has 72 heavy (non-hydrogen) atoms. The van der Waals surface area contributed by atoms with Gasteiger partial charge in [0.2, 0.25) is 5.88 Å². The number of nitro groups is 1. The number of nitro benzene ring substituents is 1. The first-order valence-corrected chi connectivity index (χ1v) is 26.2. The lowest BCUT2D eigenvalue weighted by atomic mass is 9.59. The Bertz CT molecular complexity index is 3000. The number of carbonyl (C=O) groups excluding carboxylic acids is 1. The summed E-state index contributed by atoms with van der Waals surface area (Å²) < 4.78 is 90.4. The van der Waals surface area contributed by atoms with Gasteiger partial charge in [0.15, 0.2) is 5.60 Å². The number of likely N-dealkylation sites (tertiary alicyclic amines) is 1. The number of pyridine rings is 1. The Morgan fingerprint density at radius 1 is 0.972 bits per heavy atom. The van der Waals surface area contributed by atoms with Crippen LogP contribution in [0.1, 0.15) is 85.8 Å². The second-order valence-electron chi connectivity index (χ2n) is 20.5. The van der Waals surface area contributed by atoms with Gasteiger partial charge in [0.1, 0.15) is 23.1 Å². The Morgan fingerprint density at radius 2 is 1.75 bits per heavy atom. The summed E-state index contributed by atoms with van der Waals surface area (Å²) in [7, 11) is -4.65. The Morgan fingerprint density at radius 3 is 2.51 bits per heavy atom. The summed E-state index contributed by atoms with van der Waals surface area (Å²) in [5, 5.41) is 26.9. The van der Waals surface area contributed by atoms with Gasteiger partial charge in [-0.3, -0.25) is 19.8 Å². The van der Waals surface area contributed by atoms with Crippen molar-refractivity contribution in [1.82, 2.24) is 19.6 Å². The van der Waals surface area contributed by atoms with Gasteiger partial charge in [-0.25, -0.2) is 13.1 Å². The number of alkyl halides is 3. The minimum Gasteiger partial charge on any atom is -0.468 e. The van der Waals surface area contributed by atoms with E-state index in [0.717, 1.165) is 75.6 Å². The Balaban J connectivity index is 0.856. The number of anilines is 4. The highest BCUT2D eigenvalue weighted by atomic mass is 32.2. The molecular weight excluding hydrogens is 958 g/mol. The molecule has 7 heterocycles. The number of carbonyl (C=O) groups is 1. The van der Waals surface area contributed by atoms with Crippen molar-refractivity contribution < 1.29 is 50.6 Å². The fraction of sp³-hybridized carbons (Fsp3) is 0.490. The molecule has 6 aliphatic rings. The SMILES string of the molecule is C[C@@](O)(c1ccccc1[C@@H]1CCCN1C1CC2(CCN(c3ccc(C(=O)NS(=O)(=O)c4ccc(NCC5CCOCC5)c([N+](=O)[O-])c4)c(N4c5cc6cc[nH]c6nc5O[C@@H]5COC[C@H]54)c3)CC2)C1)C(F)(F)F. The van der Waals surface area contributed by atoms with E-state index >= 15 is 0 Å². The van der Waals surface area contributed by atoms with Gasteiger partial charge in [0.05, 0.1) is 40.3 Å². The van der Waals surface area contributed by atoms with Crippen LogP contribution < -0.4 is 24.6 Å². The minimum atomic E-state index is -4.83. The average molecular weight is 1020 g/mol. The van der Waals surface area contributed by atoms with Crippen molar-refractivity contribution in [3.05, 3.63) is 106 Å². The number of nitrogens with zero attached hydrogens (tertiary/aromatic N) is 5. The predicted octanol–water partition coefficient (Wildman–Crippen LogP) is 8.08. The number of sulfonamides is 1. The van der Waals surface area contributed by atoms with Crippen molar-refractivity contribution in [1.29, 1.82) is 0 Å². The third-order valence-electron chi connectivity index (χ3n) is 16.1. The molecule has 0 bridgehead atoms. The Kier molecular flexibility index (Phi) is 12.4. The molecule has 4 atom stereocenters. The van der Waals surface area contributed by atoms with E-state index < -0.39 is 55.4 Å². The van der Waals surface area contributed by atoms with Crippen LogP contribution in [0.2, 0.25) is 0 Å². The standard InChI is InChI=1S/C51H57F3N8O9S/c1-49(64,51(52,53)54)38-6-3-2-5-36(38)40-7-4-18-60(40)34-26-50(27-34)15-19-59(20-16-50)33-8-10-37(41(24-33)61-43-23-32-12-17-55-46(32)57-48(43)71-45-30-70-29-44(45)61)47(63)58-72(67,68)35-9-11-39(42(25-35)62(65)66)56-28-31-13-21-69-22-14-31/h2-3,5-6,8-12,17,23-25,31,34,40,44-45,56,64H,4,7,13-16,18-22,26-30H2,1H3,(H,55,57)(H,58,63)/t40-,44+,45+,49+/m0/s1. The number of benzene rings is 3. The summed E-state index contributed by atoms with van der Waals surface area (Å²) in [6.45, 7) is 5.13. The number of aromatic nitrogens is 2. The molecule has 5 fully saturated rings. The molecule has 4 saturated heterocycles. The number of aliphatic hydroxyl groups is 1. The lowest BCUT2D eigenvalue weighted by Gasteiger charge is -2.56. The van der Waals surface area contributed by atoms with Crippen LogP contribution >= 0.6 is 0 Å². The molecule has 5 aliphatic heterocycles. The van der Waals surface area contributed by atoms with E-state index in [4.69, 9.17) is 19.2 Å². The smallest absolute Gasteiger partial charge is 0.421 e. The zero-order chi connectivity index (χ0) is 50.2. The summed E-state index contributed by atoms with van der Waals surface area (Å²) in [6.07, 6.45) is 3.16. The lowest BCUT2D eigenvalue weighted by Crippen LogP contribution is -2.55. The van der Waals surface area contributed by atoms with E-state index in [9.17, 15) is 41.6 Å². The van der Waals surface area contributed by atoms with E-state index in [2.05, 4.69) is 24.8 Å². The number of hydrogen-bond donors (Lipinski definition) is 4. The highest BCUT2D eigenvalue weighted by Crippen LogP contribution is 2.55. The van der Waals surface area contributed by atoms with Crippen molar-refractivity contribution in [2.45, 2.75) is 99.2 Å². The first-order chi connectivity index (χ1) is 34.5. The van der Waals surface area contributed by atoms with E-state index in [1.54, 1.807) is 36.5 Å². The van der Waals surface area contributed by atoms with Crippen LogP contribution in [0, 0.1) is 21.4 Å². The van der Waals surface area contributed by atoms with Crippen LogP contribution in [0.25, 0.3) is 11.0 Å². The van der Waals surface area contributed by atoms with E-state index in [0.29, 0.717) is 67.7 Å². The molecule has 11 rings (SSSR count). The molecule has 1 amide bonds. The van der Waals surface area contributed by atoms with Gasteiger partial charge in [-0.2, -0.15) is 18.2 Å². The molecule has 4 N–H and O–H groups in total. The fourth-order valence-electron chi connectivity index (χ4n) is 12.0. The maximum atomic E-state index is 14.6. The molecule has 1 spiro atoms. The molecule has 21 heteroatoms. The summed E-state index contributed by atoms with van der Waals surface area (Å²) in [5.74, 6) is -0.389. The normalized spacial score (nSPS) is 23.5. The number of H-pyrrole nitrogens is 1. The topological polar surface area (TPSA) is 205 Å². The molecule has 0 unspecified atom stereocenters. The summed E-state index contributed by atoms with van der Waals surface area (Å²) >= 11 is 0. The maximum absolute atomic E-state index is 14.6. The number of nitrogens with one attached hydrogen (secondary N) is 3. The van der Waals surface area contributed by atoms with E-state index in [-0.39, 0.29) is 53.4 Å². The van der Waals surface area contributed by atoms with E-state index in [1.807, 2.05) is 23.1 Å². The first-order valence-electron chi connectivity index (χ1n) is 24.7. The Labute approximate surface area is 414 Å². The van der Waals surface area contributed by atoms with E-state index in [1.165, 1.54) is 18.2 Å². The monoisotopic (exact) mass is 1010 g/mol. The van der Waals surface area contributed by atoms with Gasteiger partial charge in [0, 0.05) is 68.3 Å². The zero-order valence-electron chi connectivity index (χ0n) is 39.7. The number of amides is 1. The van der Waals surface area contributed by atoms with Crippen molar-refractivity contribution in [2.75, 3.05) is 67.7 Å².